The number of carbonyl (C=O) groups excluding carboxylic acids is 1. The Morgan fingerprint density at radius 1 is 1.18 bits per heavy atom. The van der Waals surface area contributed by atoms with Gasteiger partial charge in [0.05, 0.1) is 25.5 Å². The SMILES string of the molecule is COC(=O)CC(c1ccccc1)C(C#N)c1cccc(F)c1. The second-order valence-electron chi connectivity index (χ2n) is 4.96. The van der Waals surface area contributed by atoms with Crippen LogP contribution in [0.3, 0.4) is 0 Å². The lowest BCUT2D eigenvalue weighted by Gasteiger charge is -2.22. The predicted molar refractivity (Wildman–Crippen MR) is 80.6 cm³/mol. The number of carbonyl (C=O) groups is 1. The average molecular weight is 297 g/mol. The molecule has 0 saturated heterocycles. The molecule has 2 unspecified atom stereocenters. The minimum absolute atomic E-state index is 0.0647. The van der Waals surface area contributed by atoms with Gasteiger partial charge in [-0.3, -0.25) is 4.79 Å². The van der Waals surface area contributed by atoms with Crippen molar-refractivity contribution in [2.75, 3.05) is 7.11 Å². The van der Waals surface area contributed by atoms with E-state index in [4.69, 9.17) is 4.74 Å². The topological polar surface area (TPSA) is 50.1 Å². The molecule has 0 bridgehead atoms. The molecule has 0 amide bonds. The number of hydrogen-bond acceptors (Lipinski definition) is 3. The molecule has 2 aromatic rings. The van der Waals surface area contributed by atoms with Crippen molar-refractivity contribution in [1.29, 1.82) is 5.26 Å². The van der Waals surface area contributed by atoms with Crippen LogP contribution in [0, 0.1) is 17.1 Å². The third kappa shape index (κ3) is 3.70. The van der Waals surface area contributed by atoms with E-state index in [-0.39, 0.29) is 12.3 Å². The first-order valence-corrected chi connectivity index (χ1v) is 6.92. The molecule has 0 fully saturated rings. The number of methoxy groups -OCH3 is 1. The largest absolute Gasteiger partial charge is 0.469 e. The van der Waals surface area contributed by atoms with E-state index >= 15 is 0 Å². The highest BCUT2D eigenvalue weighted by atomic mass is 19.1. The van der Waals surface area contributed by atoms with Crippen molar-refractivity contribution in [3.8, 4) is 6.07 Å². The highest BCUT2D eigenvalue weighted by Gasteiger charge is 2.27. The zero-order chi connectivity index (χ0) is 15.9. The Labute approximate surface area is 129 Å². The molecule has 0 N–H and O–H groups in total. The summed E-state index contributed by atoms with van der Waals surface area (Å²) in [6.45, 7) is 0. The van der Waals surface area contributed by atoms with Crippen molar-refractivity contribution in [1.82, 2.24) is 0 Å². The molecule has 0 heterocycles. The number of ether oxygens (including phenoxy) is 1. The Bertz CT molecular complexity index is 679. The number of nitrogens with zero attached hydrogens (tertiary/aromatic N) is 1. The van der Waals surface area contributed by atoms with Gasteiger partial charge >= 0.3 is 5.97 Å². The predicted octanol–water partition coefficient (Wildman–Crippen LogP) is 3.78. The van der Waals surface area contributed by atoms with Crippen molar-refractivity contribution in [2.45, 2.75) is 18.3 Å². The molecule has 2 atom stereocenters. The summed E-state index contributed by atoms with van der Waals surface area (Å²) in [5.74, 6) is -1.81. The van der Waals surface area contributed by atoms with Gasteiger partial charge in [0, 0.05) is 5.92 Å². The van der Waals surface area contributed by atoms with Crippen LogP contribution in [0.15, 0.2) is 54.6 Å². The Balaban J connectivity index is 2.42. The number of rotatable bonds is 5. The van der Waals surface area contributed by atoms with E-state index in [0.29, 0.717) is 5.56 Å². The van der Waals surface area contributed by atoms with E-state index < -0.39 is 17.7 Å². The lowest BCUT2D eigenvalue weighted by Crippen LogP contribution is -2.15. The van der Waals surface area contributed by atoms with Crippen LogP contribution in [0.1, 0.15) is 29.4 Å². The molecule has 0 spiro atoms. The van der Waals surface area contributed by atoms with E-state index in [1.807, 2.05) is 30.3 Å². The van der Waals surface area contributed by atoms with Gasteiger partial charge < -0.3 is 4.74 Å². The summed E-state index contributed by atoms with van der Waals surface area (Å²) in [4.78, 5) is 11.7. The Morgan fingerprint density at radius 2 is 1.86 bits per heavy atom. The van der Waals surface area contributed by atoms with Crippen molar-refractivity contribution in [2.24, 2.45) is 0 Å². The summed E-state index contributed by atoms with van der Waals surface area (Å²) in [5, 5.41) is 9.56. The normalized spacial score (nSPS) is 13.0. The van der Waals surface area contributed by atoms with E-state index in [0.717, 1.165) is 5.56 Å². The van der Waals surface area contributed by atoms with Crippen LogP contribution >= 0.6 is 0 Å². The maximum atomic E-state index is 13.5. The molecule has 0 aromatic heterocycles. The maximum Gasteiger partial charge on any atom is 0.306 e. The van der Waals surface area contributed by atoms with Gasteiger partial charge in [-0.2, -0.15) is 5.26 Å². The zero-order valence-corrected chi connectivity index (χ0v) is 12.2. The molecule has 0 aliphatic heterocycles. The molecule has 0 radical (unpaired) electrons. The second-order valence-corrected chi connectivity index (χ2v) is 4.96. The first-order valence-electron chi connectivity index (χ1n) is 6.92. The molecule has 2 aromatic carbocycles. The molecular weight excluding hydrogens is 281 g/mol. The van der Waals surface area contributed by atoms with Gasteiger partial charge in [-0.05, 0) is 23.3 Å². The minimum Gasteiger partial charge on any atom is -0.469 e. The van der Waals surface area contributed by atoms with Gasteiger partial charge in [0.15, 0.2) is 0 Å². The summed E-state index contributed by atoms with van der Waals surface area (Å²) in [7, 11) is 1.31. The van der Waals surface area contributed by atoms with E-state index in [1.54, 1.807) is 12.1 Å². The highest BCUT2D eigenvalue weighted by Crippen LogP contribution is 2.35. The van der Waals surface area contributed by atoms with Gasteiger partial charge in [0.25, 0.3) is 0 Å². The summed E-state index contributed by atoms with van der Waals surface area (Å²) in [6.07, 6.45) is 0.0647. The average Bonchev–Trinajstić information content (AvgIpc) is 2.55. The quantitative estimate of drug-likeness (QED) is 0.789. The van der Waals surface area contributed by atoms with Gasteiger partial charge in [-0.1, -0.05) is 42.5 Å². The van der Waals surface area contributed by atoms with Crippen molar-refractivity contribution in [3.63, 3.8) is 0 Å². The molecular formula is C18H16FNO2. The lowest BCUT2D eigenvalue weighted by molar-refractivity contribution is -0.141. The fraction of sp³-hybridized carbons (Fsp3) is 0.222. The van der Waals surface area contributed by atoms with Gasteiger partial charge in [0.2, 0.25) is 0 Å². The van der Waals surface area contributed by atoms with Crippen LogP contribution in [0.5, 0.6) is 0 Å². The number of hydrogen-bond donors (Lipinski definition) is 0. The highest BCUT2D eigenvalue weighted by molar-refractivity contribution is 5.70. The number of halogens is 1. The smallest absolute Gasteiger partial charge is 0.306 e. The van der Waals surface area contributed by atoms with Gasteiger partial charge in [0.1, 0.15) is 5.82 Å². The number of nitriles is 1. The maximum absolute atomic E-state index is 13.5. The summed E-state index contributed by atoms with van der Waals surface area (Å²) in [5.41, 5.74) is 1.41. The minimum atomic E-state index is -0.628. The van der Waals surface area contributed by atoms with Crippen LogP contribution in [-0.4, -0.2) is 13.1 Å². The van der Waals surface area contributed by atoms with Gasteiger partial charge in [-0.15, -0.1) is 0 Å². The first-order chi connectivity index (χ1) is 10.7. The molecule has 0 aliphatic rings. The summed E-state index contributed by atoms with van der Waals surface area (Å²) >= 11 is 0. The molecule has 22 heavy (non-hydrogen) atoms. The number of benzene rings is 2. The van der Waals surface area contributed by atoms with Crippen LogP contribution in [0.2, 0.25) is 0 Å². The molecule has 112 valence electrons. The zero-order valence-electron chi connectivity index (χ0n) is 12.2. The van der Waals surface area contributed by atoms with E-state index in [2.05, 4.69) is 6.07 Å². The Kier molecular flexibility index (Phi) is 5.26. The lowest BCUT2D eigenvalue weighted by atomic mass is 9.80. The standard InChI is InChI=1S/C18H16FNO2/c1-22-18(21)11-16(13-6-3-2-4-7-13)17(12-20)14-8-5-9-15(19)10-14/h2-10,16-17H,11H2,1H3. The van der Waals surface area contributed by atoms with Crippen molar-refractivity contribution < 1.29 is 13.9 Å². The van der Waals surface area contributed by atoms with Gasteiger partial charge in [-0.25, -0.2) is 4.39 Å². The molecule has 4 heteroatoms. The fourth-order valence-corrected chi connectivity index (χ4v) is 2.49. The third-order valence-corrected chi connectivity index (χ3v) is 3.59. The van der Waals surface area contributed by atoms with Crippen LogP contribution in [0.4, 0.5) is 4.39 Å². The third-order valence-electron chi connectivity index (χ3n) is 3.59. The molecule has 2 rings (SSSR count). The van der Waals surface area contributed by atoms with E-state index in [1.165, 1.54) is 19.2 Å². The van der Waals surface area contributed by atoms with Crippen molar-refractivity contribution in [3.05, 3.63) is 71.5 Å². The summed E-state index contributed by atoms with van der Waals surface area (Å²) in [6, 6.07) is 17.4. The van der Waals surface area contributed by atoms with Crippen LogP contribution < -0.4 is 0 Å². The molecule has 3 nitrogen and oxygen atoms in total. The Hall–Kier alpha value is -2.67. The Morgan fingerprint density at radius 3 is 2.45 bits per heavy atom. The van der Waals surface area contributed by atoms with Crippen LogP contribution in [-0.2, 0) is 9.53 Å². The monoisotopic (exact) mass is 297 g/mol. The molecule has 0 saturated carbocycles. The second kappa shape index (κ2) is 7.37. The molecule has 0 aliphatic carbocycles. The van der Waals surface area contributed by atoms with Crippen LogP contribution in [0.25, 0.3) is 0 Å². The fourth-order valence-electron chi connectivity index (χ4n) is 2.49. The first kappa shape index (κ1) is 15.7. The summed E-state index contributed by atoms with van der Waals surface area (Å²) < 4.78 is 18.2. The van der Waals surface area contributed by atoms with E-state index in [9.17, 15) is 14.4 Å². The number of esters is 1. The van der Waals surface area contributed by atoms with Crippen molar-refractivity contribution >= 4 is 5.97 Å².